The molecule has 37 heavy (non-hydrogen) atoms. The quantitative estimate of drug-likeness (QED) is 0.298. The highest BCUT2D eigenvalue weighted by Crippen LogP contribution is 2.27. The van der Waals surface area contributed by atoms with Crippen LogP contribution in [0.1, 0.15) is 31.3 Å². The highest BCUT2D eigenvalue weighted by atomic mass is 16.5. The predicted molar refractivity (Wildman–Crippen MR) is 140 cm³/mol. The zero-order chi connectivity index (χ0) is 26.5. The molecule has 0 saturated heterocycles. The van der Waals surface area contributed by atoms with Gasteiger partial charge in [-0.1, -0.05) is 12.1 Å². The summed E-state index contributed by atoms with van der Waals surface area (Å²) < 4.78 is 6.87. The fourth-order valence-electron chi connectivity index (χ4n) is 3.87. The number of nitrogens with one attached hydrogen (secondary N) is 3. The van der Waals surface area contributed by atoms with Crippen molar-refractivity contribution in [1.29, 1.82) is 5.26 Å². The lowest BCUT2D eigenvalue weighted by Gasteiger charge is -2.21. The number of nitrogen functional groups attached to an aromatic ring is 1. The van der Waals surface area contributed by atoms with Gasteiger partial charge in [-0.15, -0.1) is 0 Å². The lowest BCUT2D eigenvalue weighted by molar-refractivity contribution is 0.252. The van der Waals surface area contributed by atoms with Gasteiger partial charge in [-0.3, -0.25) is 9.36 Å². The number of rotatable bonds is 7. The highest BCUT2D eigenvalue weighted by molar-refractivity contribution is 5.89. The molecule has 1 atom stereocenters. The number of methoxy groups -OCH3 is 1. The van der Waals surface area contributed by atoms with Crippen molar-refractivity contribution in [2.75, 3.05) is 30.0 Å². The molecule has 0 saturated carbocycles. The van der Waals surface area contributed by atoms with Gasteiger partial charge in [0.15, 0.2) is 0 Å². The fourth-order valence-corrected chi connectivity index (χ4v) is 3.87. The maximum atomic E-state index is 13.9. The van der Waals surface area contributed by atoms with E-state index in [0.29, 0.717) is 40.4 Å². The number of ether oxygens (including phenoxy) is 1. The Balaban J connectivity index is 1.90. The molecule has 0 aliphatic heterocycles. The van der Waals surface area contributed by atoms with Crippen LogP contribution in [0.2, 0.25) is 0 Å². The highest BCUT2D eigenvalue weighted by Gasteiger charge is 2.22. The van der Waals surface area contributed by atoms with Gasteiger partial charge in [0, 0.05) is 12.2 Å². The van der Waals surface area contributed by atoms with E-state index >= 15 is 0 Å². The molecule has 12 heteroatoms. The van der Waals surface area contributed by atoms with E-state index in [1.807, 2.05) is 13.0 Å². The standard InChI is InChI=1S/C25H25N9O3/c1-4-28-25(36)32-15-7-5-8-16(11-15)34-23(14(2)31-22-17(12-26)21(27)29-13-30-22)33-18-9-6-10-19(37-3)20(18)24(34)35/h5-11,13-14H,4H2,1-3H3,(H2,28,32,36)(H3,27,29,30,31)/t14-/m0/s1. The second-order valence-corrected chi connectivity index (χ2v) is 7.96. The molecule has 2 aromatic carbocycles. The predicted octanol–water partition coefficient (Wildman–Crippen LogP) is 2.95. The van der Waals surface area contributed by atoms with Gasteiger partial charge >= 0.3 is 6.03 Å². The molecule has 4 rings (SSSR count). The van der Waals surface area contributed by atoms with Gasteiger partial charge in [0.1, 0.15) is 46.6 Å². The first kappa shape index (κ1) is 24.9. The Labute approximate surface area is 212 Å². The zero-order valence-electron chi connectivity index (χ0n) is 20.4. The van der Waals surface area contributed by atoms with Crippen molar-refractivity contribution >= 4 is 34.3 Å². The number of nitrogens with two attached hydrogens (primary N) is 1. The smallest absolute Gasteiger partial charge is 0.319 e. The summed E-state index contributed by atoms with van der Waals surface area (Å²) in [4.78, 5) is 38.8. The second kappa shape index (κ2) is 10.6. The third-order valence-corrected chi connectivity index (χ3v) is 5.53. The summed E-state index contributed by atoms with van der Waals surface area (Å²) in [6.45, 7) is 4.05. The average Bonchev–Trinajstić information content (AvgIpc) is 2.88. The summed E-state index contributed by atoms with van der Waals surface area (Å²) in [5, 5.41) is 18.4. The molecule has 0 aliphatic carbocycles. The van der Waals surface area contributed by atoms with Gasteiger partial charge in [-0.05, 0) is 44.2 Å². The van der Waals surface area contributed by atoms with E-state index in [1.165, 1.54) is 18.0 Å². The van der Waals surface area contributed by atoms with Crippen LogP contribution in [0, 0.1) is 11.3 Å². The summed E-state index contributed by atoms with van der Waals surface area (Å²) >= 11 is 0. The summed E-state index contributed by atoms with van der Waals surface area (Å²) in [5.74, 6) is 0.954. The molecule has 0 fully saturated rings. The number of aromatic nitrogens is 4. The minimum Gasteiger partial charge on any atom is -0.496 e. The van der Waals surface area contributed by atoms with Gasteiger partial charge in [-0.2, -0.15) is 5.26 Å². The molecule has 0 radical (unpaired) electrons. The van der Waals surface area contributed by atoms with Crippen molar-refractivity contribution in [2.45, 2.75) is 19.9 Å². The normalized spacial score (nSPS) is 11.4. The van der Waals surface area contributed by atoms with Crippen LogP contribution >= 0.6 is 0 Å². The van der Waals surface area contributed by atoms with E-state index in [9.17, 15) is 14.9 Å². The number of carbonyl (C=O) groups is 1. The topological polar surface area (TPSA) is 173 Å². The first-order chi connectivity index (χ1) is 17.9. The Morgan fingerprint density at radius 3 is 2.76 bits per heavy atom. The molecule has 12 nitrogen and oxygen atoms in total. The lowest BCUT2D eigenvalue weighted by atomic mass is 10.1. The maximum absolute atomic E-state index is 13.9. The molecule has 0 unspecified atom stereocenters. The van der Waals surface area contributed by atoms with Crippen LogP contribution in [-0.4, -0.2) is 39.2 Å². The third-order valence-electron chi connectivity index (χ3n) is 5.53. The molecule has 2 amide bonds. The number of urea groups is 1. The molecule has 2 heterocycles. The van der Waals surface area contributed by atoms with E-state index in [0.717, 1.165) is 0 Å². The van der Waals surface area contributed by atoms with Crippen molar-refractivity contribution in [3.05, 3.63) is 70.5 Å². The van der Waals surface area contributed by atoms with Gasteiger partial charge in [0.25, 0.3) is 5.56 Å². The van der Waals surface area contributed by atoms with Crippen molar-refractivity contribution in [1.82, 2.24) is 24.8 Å². The number of fused-ring (bicyclic) bond motifs is 1. The Hall–Kier alpha value is -5.18. The minimum absolute atomic E-state index is 0.0323. The zero-order valence-corrected chi connectivity index (χ0v) is 20.4. The summed E-state index contributed by atoms with van der Waals surface area (Å²) in [7, 11) is 1.48. The Kier molecular flexibility index (Phi) is 7.15. The summed E-state index contributed by atoms with van der Waals surface area (Å²) in [6.07, 6.45) is 1.24. The molecule has 188 valence electrons. The van der Waals surface area contributed by atoms with Crippen LogP contribution in [0.15, 0.2) is 53.6 Å². The number of nitrogens with zero attached hydrogens (tertiary/aromatic N) is 5. The molecule has 4 aromatic rings. The second-order valence-electron chi connectivity index (χ2n) is 7.96. The third kappa shape index (κ3) is 4.96. The number of hydrogen-bond donors (Lipinski definition) is 4. The summed E-state index contributed by atoms with van der Waals surface area (Å²) in [5.41, 5.74) is 6.93. The molecular weight excluding hydrogens is 474 g/mol. The Morgan fingerprint density at radius 1 is 1.24 bits per heavy atom. The molecule has 0 aliphatic rings. The lowest BCUT2D eigenvalue weighted by Crippen LogP contribution is -2.29. The van der Waals surface area contributed by atoms with E-state index < -0.39 is 6.04 Å². The first-order valence-electron chi connectivity index (χ1n) is 11.4. The average molecular weight is 500 g/mol. The van der Waals surface area contributed by atoms with Crippen molar-refractivity contribution in [2.24, 2.45) is 0 Å². The van der Waals surface area contributed by atoms with Crippen LogP contribution in [-0.2, 0) is 0 Å². The summed E-state index contributed by atoms with van der Waals surface area (Å²) in [6, 6.07) is 13.0. The SMILES string of the molecule is CCNC(=O)Nc1cccc(-n2c([C@H](C)Nc3ncnc(N)c3C#N)nc3cccc(OC)c3c2=O)c1. The van der Waals surface area contributed by atoms with Gasteiger partial charge in [-0.25, -0.2) is 19.7 Å². The number of carbonyl (C=O) groups excluding carboxylic acids is 1. The number of nitriles is 1. The van der Waals surface area contributed by atoms with Crippen molar-refractivity contribution in [3.8, 4) is 17.5 Å². The van der Waals surface area contributed by atoms with E-state index in [2.05, 4.69) is 25.9 Å². The van der Waals surface area contributed by atoms with Crippen LogP contribution in [0.4, 0.5) is 22.1 Å². The number of benzene rings is 2. The largest absolute Gasteiger partial charge is 0.496 e. The monoisotopic (exact) mass is 499 g/mol. The molecule has 0 spiro atoms. The van der Waals surface area contributed by atoms with Gasteiger partial charge in [0.05, 0.1) is 24.4 Å². The molecular formula is C25H25N9O3. The van der Waals surface area contributed by atoms with Crippen LogP contribution in [0.5, 0.6) is 5.75 Å². The first-order valence-corrected chi connectivity index (χ1v) is 11.4. The van der Waals surface area contributed by atoms with Gasteiger partial charge in [0.2, 0.25) is 0 Å². The van der Waals surface area contributed by atoms with E-state index in [-0.39, 0.29) is 28.8 Å². The number of anilines is 3. The fraction of sp³-hybridized carbons (Fsp3) is 0.200. The minimum atomic E-state index is -0.607. The molecule has 5 N–H and O–H groups in total. The van der Waals surface area contributed by atoms with Gasteiger partial charge < -0.3 is 26.4 Å². The Morgan fingerprint density at radius 2 is 2.03 bits per heavy atom. The molecule has 0 bridgehead atoms. The van der Waals surface area contributed by atoms with Crippen molar-refractivity contribution < 1.29 is 9.53 Å². The van der Waals surface area contributed by atoms with E-state index in [4.69, 9.17) is 15.5 Å². The van der Waals surface area contributed by atoms with Crippen LogP contribution in [0.3, 0.4) is 0 Å². The maximum Gasteiger partial charge on any atom is 0.319 e. The van der Waals surface area contributed by atoms with Crippen LogP contribution in [0.25, 0.3) is 16.6 Å². The molecule has 2 aromatic heterocycles. The van der Waals surface area contributed by atoms with Crippen LogP contribution < -0.4 is 32.0 Å². The number of hydrogen-bond acceptors (Lipinski definition) is 9. The van der Waals surface area contributed by atoms with E-state index in [1.54, 1.807) is 49.4 Å². The number of amides is 2. The Bertz CT molecular complexity index is 1580. The van der Waals surface area contributed by atoms with Crippen molar-refractivity contribution in [3.63, 3.8) is 0 Å².